The number of sulfonamides is 1. The normalized spacial score (nSPS) is 19.8. The molecular weight excluding hydrogens is 362 g/mol. The Hall–Kier alpha value is -1.26. The maximum Gasteiger partial charge on any atom is 0.270 e. The standard InChI is InChI=1S/C16H23N3O4S2/c1-4-12-10-18(7-8-22-12)11-19-14-9-13(25(20,21)17(2)3)5-6-15(14)23-16(19)24/h5-6,9,12H,4,7-8,10-11H2,1-3H3/t12-/m1/s1. The molecule has 0 aliphatic carbocycles. The molecule has 7 nitrogen and oxygen atoms in total. The molecule has 1 aromatic carbocycles. The minimum atomic E-state index is -3.51. The van der Waals surface area contributed by atoms with Crippen LogP contribution < -0.4 is 0 Å². The summed E-state index contributed by atoms with van der Waals surface area (Å²) in [6.45, 7) is 4.96. The third kappa shape index (κ3) is 3.65. The maximum atomic E-state index is 12.4. The minimum absolute atomic E-state index is 0.214. The molecule has 9 heteroatoms. The summed E-state index contributed by atoms with van der Waals surface area (Å²) in [6, 6.07) is 4.83. The number of ether oxygens (including phenoxy) is 1. The Morgan fingerprint density at radius 2 is 2.12 bits per heavy atom. The molecule has 0 unspecified atom stereocenters. The molecular formula is C16H23N3O4S2. The van der Waals surface area contributed by atoms with Gasteiger partial charge in [-0.25, -0.2) is 12.7 Å². The van der Waals surface area contributed by atoms with Crippen LogP contribution in [0.3, 0.4) is 0 Å². The van der Waals surface area contributed by atoms with Gasteiger partial charge in [0.2, 0.25) is 10.0 Å². The average Bonchev–Trinajstić information content (AvgIpc) is 2.90. The quantitative estimate of drug-likeness (QED) is 0.736. The highest BCUT2D eigenvalue weighted by molar-refractivity contribution is 7.89. The minimum Gasteiger partial charge on any atom is -0.429 e. The molecule has 0 spiro atoms. The molecule has 1 atom stereocenters. The van der Waals surface area contributed by atoms with Crippen molar-refractivity contribution in [2.75, 3.05) is 33.8 Å². The first-order valence-corrected chi connectivity index (χ1v) is 10.1. The molecule has 1 aliphatic rings. The largest absolute Gasteiger partial charge is 0.429 e. The van der Waals surface area contributed by atoms with Gasteiger partial charge in [-0.15, -0.1) is 0 Å². The monoisotopic (exact) mass is 385 g/mol. The molecule has 2 aromatic rings. The lowest BCUT2D eigenvalue weighted by Gasteiger charge is -2.32. The molecule has 1 aromatic heterocycles. The van der Waals surface area contributed by atoms with Gasteiger partial charge in [-0.2, -0.15) is 0 Å². The van der Waals surface area contributed by atoms with Crippen molar-refractivity contribution < 1.29 is 17.6 Å². The fourth-order valence-electron chi connectivity index (χ4n) is 2.90. The smallest absolute Gasteiger partial charge is 0.270 e. The predicted molar refractivity (Wildman–Crippen MR) is 97.5 cm³/mol. The van der Waals surface area contributed by atoms with Crippen LogP contribution in [-0.2, 0) is 21.4 Å². The van der Waals surface area contributed by atoms with Crippen LogP contribution in [0.2, 0.25) is 0 Å². The lowest BCUT2D eigenvalue weighted by Crippen LogP contribution is -2.42. The summed E-state index contributed by atoms with van der Waals surface area (Å²) in [6.07, 6.45) is 1.17. The number of benzene rings is 1. The van der Waals surface area contributed by atoms with Crippen molar-refractivity contribution in [3.05, 3.63) is 23.0 Å². The number of hydrogen-bond acceptors (Lipinski definition) is 6. The number of aromatic nitrogens is 1. The van der Waals surface area contributed by atoms with E-state index >= 15 is 0 Å². The van der Waals surface area contributed by atoms with Gasteiger partial charge in [0.05, 0.1) is 29.8 Å². The first-order valence-electron chi connectivity index (χ1n) is 8.22. The van der Waals surface area contributed by atoms with Crippen molar-refractivity contribution in [2.45, 2.75) is 31.0 Å². The van der Waals surface area contributed by atoms with Crippen molar-refractivity contribution in [3.63, 3.8) is 0 Å². The molecule has 0 N–H and O–H groups in total. The van der Waals surface area contributed by atoms with Crippen LogP contribution in [0.1, 0.15) is 13.3 Å². The average molecular weight is 386 g/mol. The number of nitrogens with zero attached hydrogens (tertiary/aromatic N) is 3. The Kier molecular flexibility index (Phi) is 5.31. The van der Waals surface area contributed by atoms with Crippen LogP contribution in [0.25, 0.3) is 11.1 Å². The van der Waals surface area contributed by atoms with E-state index < -0.39 is 10.0 Å². The van der Waals surface area contributed by atoms with Gasteiger partial charge in [0, 0.05) is 27.2 Å². The Bertz CT molecular complexity index is 917. The topological polar surface area (TPSA) is 67.9 Å². The van der Waals surface area contributed by atoms with Crippen LogP contribution in [0, 0.1) is 4.84 Å². The number of fused-ring (bicyclic) bond motifs is 1. The molecule has 0 bridgehead atoms. The summed E-state index contributed by atoms with van der Waals surface area (Å²) < 4.78 is 39.2. The molecule has 0 radical (unpaired) electrons. The van der Waals surface area contributed by atoms with E-state index in [0.29, 0.717) is 29.2 Å². The highest BCUT2D eigenvalue weighted by atomic mass is 32.2. The van der Waals surface area contributed by atoms with Gasteiger partial charge in [0.15, 0.2) is 5.58 Å². The van der Waals surface area contributed by atoms with E-state index in [9.17, 15) is 8.42 Å². The zero-order chi connectivity index (χ0) is 18.2. The van der Waals surface area contributed by atoms with E-state index in [1.165, 1.54) is 18.4 Å². The van der Waals surface area contributed by atoms with Gasteiger partial charge in [0.25, 0.3) is 4.84 Å². The van der Waals surface area contributed by atoms with Gasteiger partial charge in [-0.05, 0) is 36.8 Å². The van der Waals surface area contributed by atoms with E-state index in [1.54, 1.807) is 18.2 Å². The molecule has 1 fully saturated rings. The van der Waals surface area contributed by atoms with Crippen molar-refractivity contribution in [1.29, 1.82) is 0 Å². The summed E-state index contributed by atoms with van der Waals surface area (Å²) in [5.74, 6) is 0. The zero-order valence-corrected chi connectivity index (χ0v) is 16.3. The van der Waals surface area contributed by atoms with Crippen molar-refractivity contribution >= 4 is 33.3 Å². The van der Waals surface area contributed by atoms with Crippen LogP contribution in [0.5, 0.6) is 0 Å². The van der Waals surface area contributed by atoms with Crippen molar-refractivity contribution in [1.82, 2.24) is 13.8 Å². The Morgan fingerprint density at radius 3 is 2.80 bits per heavy atom. The molecule has 1 saturated heterocycles. The molecule has 1 aliphatic heterocycles. The van der Waals surface area contributed by atoms with Gasteiger partial charge in [-0.3, -0.25) is 9.47 Å². The Balaban J connectivity index is 1.97. The predicted octanol–water partition coefficient (Wildman–Crippen LogP) is 2.28. The summed E-state index contributed by atoms with van der Waals surface area (Å²) in [5.41, 5.74) is 1.27. The maximum absolute atomic E-state index is 12.4. The highest BCUT2D eigenvalue weighted by Gasteiger charge is 2.22. The summed E-state index contributed by atoms with van der Waals surface area (Å²) in [4.78, 5) is 2.81. The molecule has 0 saturated carbocycles. The zero-order valence-electron chi connectivity index (χ0n) is 14.6. The van der Waals surface area contributed by atoms with Crippen LogP contribution in [0.4, 0.5) is 0 Å². The fourth-order valence-corrected chi connectivity index (χ4v) is 4.07. The first kappa shape index (κ1) is 18.5. The first-order chi connectivity index (χ1) is 11.8. The molecule has 3 rings (SSSR count). The number of hydrogen-bond donors (Lipinski definition) is 0. The lowest BCUT2D eigenvalue weighted by molar-refractivity contribution is -0.0397. The summed E-state index contributed by atoms with van der Waals surface area (Å²) >= 11 is 5.35. The summed E-state index contributed by atoms with van der Waals surface area (Å²) in [5, 5.41) is 0. The molecule has 25 heavy (non-hydrogen) atoms. The SMILES string of the molecule is CC[C@@H]1CN(Cn2c(=S)oc3ccc(S(=O)(=O)N(C)C)cc32)CCO1. The lowest BCUT2D eigenvalue weighted by atomic mass is 10.2. The van der Waals surface area contributed by atoms with Crippen LogP contribution >= 0.6 is 12.2 Å². The van der Waals surface area contributed by atoms with Crippen molar-refractivity contribution in [2.24, 2.45) is 0 Å². The number of oxazole rings is 1. The molecule has 2 heterocycles. The Labute approximate surface area is 152 Å². The van der Waals surface area contributed by atoms with E-state index in [0.717, 1.165) is 19.5 Å². The number of rotatable bonds is 5. The van der Waals surface area contributed by atoms with Gasteiger partial charge in [0.1, 0.15) is 0 Å². The second-order valence-corrected chi connectivity index (χ2v) is 8.83. The fraction of sp³-hybridized carbons (Fsp3) is 0.562. The molecule has 0 amide bonds. The van der Waals surface area contributed by atoms with Crippen molar-refractivity contribution in [3.8, 4) is 0 Å². The number of morpholine rings is 1. The highest BCUT2D eigenvalue weighted by Crippen LogP contribution is 2.24. The van der Waals surface area contributed by atoms with Crippen LogP contribution in [0.15, 0.2) is 27.5 Å². The van der Waals surface area contributed by atoms with E-state index in [-0.39, 0.29) is 11.0 Å². The van der Waals surface area contributed by atoms with Gasteiger partial charge >= 0.3 is 0 Å². The van der Waals surface area contributed by atoms with E-state index in [2.05, 4.69) is 11.8 Å². The van der Waals surface area contributed by atoms with E-state index in [4.69, 9.17) is 21.4 Å². The third-order valence-electron chi connectivity index (χ3n) is 4.44. The second-order valence-electron chi connectivity index (χ2n) is 6.33. The van der Waals surface area contributed by atoms with E-state index in [1.807, 2.05) is 4.57 Å². The molecule has 138 valence electrons. The van der Waals surface area contributed by atoms with Gasteiger partial charge < -0.3 is 9.15 Å². The summed E-state index contributed by atoms with van der Waals surface area (Å²) in [7, 11) is -0.483. The third-order valence-corrected chi connectivity index (χ3v) is 6.55. The second kappa shape index (κ2) is 7.16. The van der Waals surface area contributed by atoms with Gasteiger partial charge in [-0.1, -0.05) is 6.92 Å². The van der Waals surface area contributed by atoms with Crippen LogP contribution in [-0.4, -0.2) is 62.1 Å². The Morgan fingerprint density at radius 1 is 1.36 bits per heavy atom.